The molecule has 0 aromatic heterocycles. The van der Waals surface area contributed by atoms with E-state index in [0.717, 1.165) is 22.6 Å². The van der Waals surface area contributed by atoms with Gasteiger partial charge >= 0.3 is 22.4 Å². The van der Waals surface area contributed by atoms with Crippen LogP contribution < -0.4 is 19.7 Å². The van der Waals surface area contributed by atoms with Gasteiger partial charge in [-0.3, -0.25) is 0 Å². The molecule has 1 N–H and O–H groups in total. The molecule has 2 fully saturated rings. The Bertz CT molecular complexity index is 1090. The number of rotatable bonds is 9. The van der Waals surface area contributed by atoms with Crippen LogP contribution in [0.2, 0.25) is 0 Å². The summed E-state index contributed by atoms with van der Waals surface area (Å²) in [5, 5.41) is 5.00. The van der Waals surface area contributed by atoms with Crippen molar-refractivity contribution in [3.8, 4) is 5.75 Å². The van der Waals surface area contributed by atoms with E-state index in [1.54, 1.807) is 17.4 Å². The molecule has 0 saturated heterocycles. The van der Waals surface area contributed by atoms with Crippen LogP contribution in [0.4, 0.5) is 15.3 Å². The number of nitrogens with zero attached hydrogens (tertiary/aromatic N) is 1. The fraction of sp³-hybridized carbons (Fsp3) is 0.455. The first-order chi connectivity index (χ1) is 19.2. The van der Waals surface area contributed by atoms with E-state index in [1.807, 2.05) is 36.4 Å². The molecule has 0 bridgehead atoms. The standard InChI is InChI=1S/C20H32NP.C13H11FNOS.Au/c1-21(2)19-15-9-10-16-20(19)22(17-11-5-3-6-12-17)18-13-7-4-8-14-18;14-17-16-13-8-4-5-11(9-13)10-15-12-6-2-1-3-7-12;/h9-10,15-18H,3-8,11-14H2,1-2H3;2-9,15H,10H2;/q;-1;+1/p+1. The topological polar surface area (TPSA) is 24.5 Å². The van der Waals surface area contributed by atoms with Crippen LogP contribution in [0.25, 0.3) is 0 Å². The molecule has 7 heteroatoms. The van der Waals surface area contributed by atoms with Crippen LogP contribution in [0.1, 0.15) is 69.8 Å². The van der Waals surface area contributed by atoms with Crippen molar-refractivity contribution in [1.29, 1.82) is 0 Å². The number of hydrogen-bond acceptors (Lipinski definition) is 4. The largest absolute Gasteiger partial charge is 1.00 e. The molecule has 3 nitrogen and oxygen atoms in total. The SMILES string of the molecule is CN(C)c1ccccc1[PH+](C1CCCCC1)C1CCCCC1.FSOc1cccc(CNc2cc[c-]cc2)c1.[Au+]. The van der Waals surface area contributed by atoms with E-state index in [1.165, 1.54) is 69.9 Å². The summed E-state index contributed by atoms with van der Waals surface area (Å²) in [5.41, 5.74) is 5.62. The zero-order chi connectivity index (χ0) is 27.3. The van der Waals surface area contributed by atoms with Crippen molar-refractivity contribution in [2.75, 3.05) is 24.3 Å². The van der Waals surface area contributed by atoms with Gasteiger partial charge in [-0.1, -0.05) is 42.8 Å². The van der Waals surface area contributed by atoms with Gasteiger partial charge in [0.15, 0.2) is 0 Å². The average Bonchev–Trinajstić information content (AvgIpc) is 2.99. The molecule has 0 unspecified atom stereocenters. The molecule has 0 heterocycles. The van der Waals surface area contributed by atoms with Gasteiger partial charge in [0.25, 0.3) is 12.4 Å². The number of nitrogens with one attached hydrogen (secondary N) is 1. The molecule has 0 amide bonds. The predicted molar refractivity (Wildman–Crippen MR) is 171 cm³/mol. The van der Waals surface area contributed by atoms with Crippen LogP contribution in [0.3, 0.4) is 0 Å². The van der Waals surface area contributed by atoms with E-state index in [-0.39, 0.29) is 34.8 Å². The van der Waals surface area contributed by atoms with Crippen LogP contribution in [0.5, 0.6) is 5.75 Å². The fourth-order valence-electron chi connectivity index (χ4n) is 6.16. The van der Waals surface area contributed by atoms with Crippen LogP contribution in [0.15, 0.2) is 72.8 Å². The van der Waals surface area contributed by atoms with Gasteiger partial charge in [0.1, 0.15) is 11.1 Å². The molecule has 2 aliphatic rings. The first-order valence-corrected chi connectivity index (χ1v) is 16.8. The third-order valence-electron chi connectivity index (χ3n) is 8.03. The van der Waals surface area contributed by atoms with Crippen molar-refractivity contribution in [2.24, 2.45) is 0 Å². The van der Waals surface area contributed by atoms with Crippen LogP contribution in [0, 0.1) is 6.07 Å². The third-order valence-corrected chi connectivity index (χ3v) is 12.2. The molecule has 2 aliphatic carbocycles. The van der Waals surface area contributed by atoms with Crippen molar-refractivity contribution >= 4 is 37.0 Å². The van der Waals surface area contributed by atoms with Gasteiger partial charge in [0.2, 0.25) is 0 Å². The number of hydrogen-bond donors (Lipinski definition) is 1. The second-order valence-corrected chi connectivity index (χ2v) is 14.3. The molecule has 0 spiro atoms. The second-order valence-electron chi connectivity index (χ2n) is 11.0. The van der Waals surface area contributed by atoms with E-state index >= 15 is 0 Å². The van der Waals surface area contributed by atoms with Crippen molar-refractivity contribution < 1.29 is 30.4 Å². The van der Waals surface area contributed by atoms with Crippen LogP contribution >= 0.6 is 20.4 Å². The number of benzene rings is 3. The molecule has 220 valence electrons. The molecule has 0 radical (unpaired) electrons. The molecule has 0 aliphatic heterocycles. The Labute approximate surface area is 262 Å². The second kappa shape index (κ2) is 18.1. The Morgan fingerprint density at radius 3 is 2.10 bits per heavy atom. The van der Waals surface area contributed by atoms with Crippen molar-refractivity contribution in [3.63, 3.8) is 0 Å². The van der Waals surface area contributed by atoms with Gasteiger partial charge in [0, 0.05) is 28.6 Å². The van der Waals surface area contributed by atoms with Gasteiger partial charge in [-0.15, -0.1) is 16.0 Å². The summed E-state index contributed by atoms with van der Waals surface area (Å²) < 4.78 is 16.7. The minimum absolute atomic E-state index is 0. The summed E-state index contributed by atoms with van der Waals surface area (Å²) in [6, 6.07) is 27.2. The summed E-state index contributed by atoms with van der Waals surface area (Å²) in [6.07, 6.45) is 14.9. The van der Waals surface area contributed by atoms with Crippen molar-refractivity contribution in [2.45, 2.75) is 82.1 Å². The molecule has 0 atom stereocenters. The van der Waals surface area contributed by atoms with Crippen molar-refractivity contribution in [3.05, 3.63) is 84.4 Å². The Balaban J connectivity index is 0.000000222. The monoisotopic (exact) mass is 763 g/mol. The molecule has 2 saturated carbocycles. The van der Waals surface area contributed by atoms with E-state index in [4.69, 9.17) is 4.18 Å². The summed E-state index contributed by atoms with van der Waals surface area (Å²) >= 11 is -0.147. The predicted octanol–water partition coefficient (Wildman–Crippen LogP) is 9.27. The summed E-state index contributed by atoms with van der Waals surface area (Å²) in [4.78, 5) is 2.35. The Morgan fingerprint density at radius 1 is 0.875 bits per heavy atom. The third kappa shape index (κ3) is 10.1. The van der Waals surface area contributed by atoms with E-state index in [0.29, 0.717) is 12.3 Å². The maximum absolute atomic E-state index is 11.9. The smallest absolute Gasteiger partial charge is 0.402 e. The summed E-state index contributed by atoms with van der Waals surface area (Å²) in [6.45, 7) is 0.665. The normalized spacial score (nSPS) is 15.9. The Kier molecular flexibility index (Phi) is 15.0. The summed E-state index contributed by atoms with van der Waals surface area (Å²) in [7, 11) is 4.01. The van der Waals surface area contributed by atoms with Crippen molar-refractivity contribution in [1.82, 2.24) is 0 Å². The maximum atomic E-state index is 11.9. The molecular formula is C33H44AuFN2OPS+. The molecule has 3 aromatic carbocycles. The molecule has 5 rings (SSSR count). The van der Waals surface area contributed by atoms with E-state index in [2.05, 4.69) is 54.6 Å². The summed E-state index contributed by atoms with van der Waals surface area (Å²) in [5.74, 6) is 0.512. The van der Waals surface area contributed by atoms with Gasteiger partial charge in [-0.05, 0) is 81.2 Å². The fourth-order valence-corrected chi connectivity index (χ4v) is 10.8. The van der Waals surface area contributed by atoms with Gasteiger partial charge < -0.3 is 14.4 Å². The Hall–Kier alpha value is -1.49. The number of anilines is 2. The maximum Gasteiger partial charge on any atom is 1.00 e. The first kappa shape index (κ1) is 33.0. The van der Waals surface area contributed by atoms with Gasteiger partial charge in [-0.25, -0.2) is 0 Å². The van der Waals surface area contributed by atoms with Crippen LogP contribution in [-0.2, 0) is 28.9 Å². The zero-order valence-electron chi connectivity index (χ0n) is 23.8. The first-order valence-electron chi connectivity index (χ1n) is 14.5. The van der Waals surface area contributed by atoms with E-state index < -0.39 is 7.92 Å². The number of para-hydroxylation sites is 1. The minimum Gasteiger partial charge on any atom is -0.402 e. The quantitative estimate of drug-likeness (QED) is 0.102. The number of halogens is 1. The van der Waals surface area contributed by atoms with Crippen LogP contribution in [-0.4, -0.2) is 25.4 Å². The zero-order valence-corrected chi connectivity index (χ0v) is 27.8. The molecule has 3 aromatic rings. The van der Waals surface area contributed by atoms with Gasteiger partial charge in [-0.2, -0.15) is 18.2 Å². The van der Waals surface area contributed by atoms with E-state index in [9.17, 15) is 3.89 Å². The molecule has 40 heavy (non-hydrogen) atoms. The minimum atomic E-state index is -0.439. The average molecular weight is 764 g/mol. The van der Waals surface area contributed by atoms with Gasteiger partial charge in [0.05, 0.1) is 17.0 Å². The molecular weight excluding hydrogens is 719 g/mol. The Morgan fingerprint density at radius 2 is 1.50 bits per heavy atom.